The number of nitrogens with zero attached hydrogens (tertiary/aromatic N) is 4. The van der Waals surface area contributed by atoms with Crippen LogP contribution >= 0.6 is 23.4 Å². The van der Waals surface area contributed by atoms with Gasteiger partial charge in [0.1, 0.15) is 34.0 Å². The molecule has 39 heavy (non-hydrogen) atoms. The Balaban J connectivity index is 1.71. The van der Waals surface area contributed by atoms with Crippen LogP contribution in [0, 0.1) is 5.82 Å². The molecule has 204 valence electrons. The van der Waals surface area contributed by atoms with Gasteiger partial charge in [0.15, 0.2) is 17.8 Å². The van der Waals surface area contributed by atoms with Gasteiger partial charge in [0.25, 0.3) is 0 Å². The molecule has 0 radical (unpaired) electrons. The lowest BCUT2D eigenvalue weighted by atomic mass is 9.98. The first-order chi connectivity index (χ1) is 18.9. The van der Waals surface area contributed by atoms with Crippen LogP contribution in [0.1, 0.15) is 42.9 Å². The van der Waals surface area contributed by atoms with Crippen molar-refractivity contribution in [2.75, 3.05) is 38.3 Å². The number of nitrogens with two attached hydrogens (primary N) is 1. The average Bonchev–Trinajstić information content (AvgIpc) is 3.77. The van der Waals surface area contributed by atoms with Crippen molar-refractivity contribution in [1.82, 2.24) is 19.9 Å². The van der Waals surface area contributed by atoms with E-state index in [9.17, 15) is 0 Å². The van der Waals surface area contributed by atoms with Crippen LogP contribution in [0.4, 0.5) is 16.0 Å². The largest absolute Gasteiger partial charge is 0.480 e. The molecule has 1 aromatic carbocycles. The Morgan fingerprint density at radius 2 is 2.03 bits per heavy atom. The topological polar surface area (TPSA) is 117 Å². The summed E-state index contributed by atoms with van der Waals surface area (Å²) in [5.41, 5.74) is 8.38. The lowest BCUT2D eigenvalue weighted by Gasteiger charge is -2.20. The zero-order chi connectivity index (χ0) is 27.7. The molecule has 0 amide bonds. The summed E-state index contributed by atoms with van der Waals surface area (Å²) in [5.74, 6) is 0.972. The quantitative estimate of drug-likeness (QED) is 0.129. The Labute approximate surface area is 234 Å². The third-order valence-corrected chi connectivity index (χ3v) is 7.35. The molecule has 1 fully saturated rings. The van der Waals surface area contributed by atoms with Gasteiger partial charge in [-0.05, 0) is 55.7 Å². The Hall–Kier alpha value is -3.41. The predicted octanol–water partition coefficient (Wildman–Crippen LogP) is 6.23. The number of fused-ring (bicyclic) bond motifs is 1. The number of aromatic nitrogens is 4. The molecule has 4 aromatic rings. The second kappa shape index (κ2) is 11.4. The molecule has 9 nitrogen and oxygen atoms in total. The van der Waals surface area contributed by atoms with Crippen LogP contribution in [0.3, 0.4) is 0 Å². The summed E-state index contributed by atoms with van der Waals surface area (Å²) in [4.78, 5) is 17.9. The number of nitrogens with one attached hydrogen (secondary N) is 1. The molecule has 0 unspecified atom stereocenters. The highest BCUT2D eigenvalue weighted by Crippen LogP contribution is 2.50. The fourth-order valence-corrected chi connectivity index (χ4v) is 5.24. The van der Waals surface area contributed by atoms with E-state index in [1.54, 1.807) is 24.4 Å². The molecule has 1 atom stereocenters. The maximum atomic E-state index is 16.5. The maximum absolute atomic E-state index is 16.5. The van der Waals surface area contributed by atoms with E-state index < -0.39 is 5.82 Å². The van der Waals surface area contributed by atoms with Gasteiger partial charge in [0.05, 0.1) is 13.2 Å². The van der Waals surface area contributed by atoms with Crippen LogP contribution in [0.2, 0.25) is 5.02 Å². The monoisotopic (exact) mass is 570 g/mol. The van der Waals surface area contributed by atoms with Gasteiger partial charge in [-0.15, -0.1) is 0 Å². The standard InChI is InChI=1S/C27H28ClFN6O3S/c1-13(16-6-5-9-31-24(16)30)32-25-20-23(34-27(35-25)39-4)21(29)22(33-26(20)37-3)17-10-15(38-12-36-2)11-18(28)19(17)14-7-8-14/h5-6,9-11,13-14H,7-8,12H2,1-4H3,(H2,30,31)(H,32,34,35)/t13-/m1/s1. The lowest BCUT2D eigenvalue weighted by molar-refractivity contribution is 0.0511. The lowest BCUT2D eigenvalue weighted by Crippen LogP contribution is -2.13. The highest BCUT2D eigenvalue weighted by Gasteiger charge is 2.32. The summed E-state index contributed by atoms with van der Waals surface area (Å²) in [6.07, 6.45) is 5.37. The molecule has 0 bridgehead atoms. The van der Waals surface area contributed by atoms with E-state index >= 15 is 4.39 Å². The number of pyridine rings is 2. The Bertz CT molecular complexity index is 1540. The van der Waals surface area contributed by atoms with Crippen LogP contribution in [-0.2, 0) is 4.74 Å². The number of anilines is 2. The van der Waals surface area contributed by atoms with E-state index in [1.807, 2.05) is 19.2 Å². The Kier molecular flexibility index (Phi) is 7.92. The normalized spacial score (nSPS) is 13.9. The second-order valence-electron chi connectivity index (χ2n) is 9.10. The number of thioether (sulfide) groups is 1. The van der Waals surface area contributed by atoms with E-state index in [0.29, 0.717) is 38.5 Å². The van der Waals surface area contributed by atoms with Gasteiger partial charge < -0.3 is 25.3 Å². The van der Waals surface area contributed by atoms with Crippen LogP contribution < -0.4 is 20.5 Å². The Morgan fingerprint density at radius 1 is 1.23 bits per heavy atom. The second-order valence-corrected chi connectivity index (χ2v) is 10.3. The van der Waals surface area contributed by atoms with Crippen LogP contribution in [0.15, 0.2) is 35.6 Å². The molecular formula is C27H28ClFN6O3S. The van der Waals surface area contributed by atoms with Gasteiger partial charge in [-0.2, -0.15) is 0 Å². The molecule has 3 heterocycles. The summed E-state index contributed by atoms with van der Waals surface area (Å²) in [7, 11) is 3.00. The van der Waals surface area contributed by atoms with Gasteiger partial charge in [0.2, 0.25) is 5.88 Å². The van der Waals surface area contributed by atoms with Crippen molar-refractivity contribution in [1.29, 1.82) is 0 Å². The zero-order valence-corrected chi connectivity index (χ0v) is 23.5. The molecule has 0 saturated heterocycles. The van der Waals surface area contributed by atoms with Crippen LogP contribution in [0.5, 0.6) is 11.6 Å². The number of methoxy groups -OCH3 is 2. The number of halogens is 2. The number of nitrogen functional groups attached to an aromatic ring is 1. The van der Waals surface area contributed by atoms with Crippen molar-refractivity contribution in [2.24, 2.45) is 0 Å². The first kappa shape index (κ1) is 27.2. The molecule has 0 spiro atoms. The highest BCUT2D eigenvalue weighted by molar-refractivity contribution is 7.98. The summed E-state index contributed by atoms with van der Waals surface area (Å²) < 4.78 is 32.9. The molecule has 1 aliphatic rings. The van der Waals surface area contributed by atoms with Crippen molar-refractivity contribution in [2.45, 2.75) is 36.9 Å². The fraction of sp³-hybridized carbons (Fsp3) is 0.333. The van der Waals surface area contributed by atoms with E-state index in [1.165, 1.54) is 26.0 Å². The van der Waals surface area contributed by atoms with Crippen LogP contribution in [-0.4, -0.2) is 47.2 Å². The van der Waals surface area contributed by atoms with Gasteiger partial charge in [-0.1, -0.05) is 29.4 Å². The first-order valence-corrected chi connectivity index (χ1v) is 13.9. The number of hydrogen-bond donors (Lipinski definition) is 2. The molecular weight excluding hydrogens is 543 g/mol. The molecule has 12 heteroatoms. The maximum Gasteiger partial charge on any atom is 0.227 e. The first-order valence-electron chi connectivity index (χ1n) is 12.3. The van der Waals surface area contributed by atoms with Crippen molar-refractivity contribution in [3.8, 4) is 22.9 Å². The van der Waals surface area contributed by atoms with E-state index in [-0.39, 0.29) is 35.8 Å². The Morgan fingerprint density at radius 3 is 2.69 bits per heavy atom. The van der Waals surface area contributed by atoms with Crippen molar-refractivity contribution in [3.63, 3.8) is 0 Å². The number of ether oxygens (including phenoxy) is 3. The summed E-state index contributed by atoms with van der Waals surface area (Å²) in [6, 6.07) is 6.83. The van der Waals surface area contributed by atoms with Gasteiger partial charge in [-0.25, -0.2) is 24.3 Å². The van der Waals surface area contributed by atoms with Gasteiger partial charge >= 0.3 is 0 Å². The average molecular weight is 571 g/mol. The minimum absolute atomic E-state index is 0.0223. The number of rotatable bonds is 10. The number of hydrogen-bond acceptors (Lipinski definition) is 10. The van der Waals surface area contributed by atoms with Crippen molar-refractivity contribution in [3.05, 3.63) is 52.4 Å². The SMILES string of the molecule is COCOc1cc(Cl)c(C2CC2)c(-c2nc(OC)c3c(N[C@H](C)c4cccnc4N)nc(SC)nc3c2F)c1. The van der Waals surface area contributed by atoms with Gasteiger partial charge in [-0.3, -0.25) is 0 Å². The van der Waals surface area contributed by atoms with E-state index in [4.69, 9.17) is 31.5 Å². The van der Waals surface area contributed by atoms with Crippen molar-refractivity contribution >= 4 is 45.9 Å². The molecule has 1 saturated carbocycles. The predicted molar refractivity (Wildman–Crippen MR) is 151 cm³/mol. The van der Waals surface area contributed by atoms with Crippen LogP contribution in [0.25, 0.3) is 22.2 Å². The zero-order valence-electron chi connectivity index (χ0n) is 21.9. The third-order valence-electron chi connectivity index (χ3n) is 6.49. The molecule has 0 aliphatic heterocycles. The highest BCUT2D eigenvalue weighted by atomic mass is 35.5. The van der Waals surface area contributed by atoms with E-state index in [2.05, 4.69) is 25.3 Å². The van der Waals surface area contributed by atoms with E-state index in [0.717, 1.165) is 24.0 Å². The summed E-state index contributed by atoms with van der Waals surface area (Å²) >= 11 is 7.98. The molecule has 5 rings (SSSR count). The summed E-state index contributed by atoms with van der Waals surface area (Å²) in [6.45, 7) is 1.94. The molecule has 3 aromatic heterocycles. The van der Waals surface area contributed by atoms with Gasteiger partial charge in [0, 0.05) is 29.5 Å². The molecule has 1 aliphatic carbocycles. The summed E-state index contributed by atoms with van der Waals surface area (Å²) in [5, 5.41) is 4.52. The minimum atomic E-state index is -0.609. The number of benzene rings is 1. The van der Waals surface area contributed by atoms with Crippen molar-refractivity contribution < 1.29 is 18.6 Å². The third kappa shape index (κ3) is 5.39. The minimum Gasteiger partial charge on any atom is -0.480 e. The smallest absolute Gasteiger partial charge is 0.227 e. The molecule has 3 N–H and O–H groups in total. The fourth-order valence-electron chi connectivity index (χ4n) is 4.51.